The van der Waals surface area contributed by atoms with Crippen LogP contribution in [0.15, 0.2) is 30.9 Å². The summed E-state index contributed by atoms with van der Waals surface area (Å²) in [6.45, 7) is 4.06. The lowest BCUT2D eigenvalue weighted by Crippen LogP contribution is -2.04. The van der Waals surface area contributed by atoms with Gasteiger partial charge in [-0.2, -0.15) is 5.10 Å². The first-order valence-electron chi connectivity index (χ1n) is 6.57. The molecule has 3 aromatic rings. The van der Waals surface area contributed by atoms with Crippen molar-refractivity contribution in [2.45, 2.75) is 19.9 Å². The molecule has 21 heavy (non-hydrogen) atoms. The maximum Gasteiger partial charge on any atom is 0.164 e. The van der Waals surface area contributed by atoms with Crippen molar-refractivity contribution in [3.05, 3.63) is 42.1 Å². The van der Waals surface area contributed by atoms with E-state index in [4.69, 9.17) is 5.73 Å². The van der Waals surface area contributed by atoms with E-state index in [1.165, 1.54) is 6.33 Å². The van der Waals surface area contributed by atoms with E-state index in [1.54, 1.807) is 17.1 Å². The molecule has 0 aromatic carbocycles. The second kappa shape index (κ2) is 5.21. The molecule has 0 saturated heterocycles. The van der Waals surface area contributed by atoms with Crippen LogP contribution in [0.3, 0.4) is 0 Å². The molecule has 6 nitrogen and oxygen atoms in total. The van der Waals surface area contributed by atoms with E-state index < -0.39 is 0 Å². The SMILES string of the molecule is CC(C)n1nc(C#Cc2cccnc2)c2c(N)ncnc21. The standard InChI is InChI=1S/C15H14N6/c1-10(2)21-15-13(14(16)18-9-19-15)12(20-21)6-5-11-4-3-7-17-8-11/h3-4,7-10H,1-2H3,(H2,16,18,19). The summed E-state index contributed by atoms with van der Waals surface area (Å²) in [6, 6.07) is 3.89. The van der Waals surface area contributed by atoms with Gasteiger partial charge < -0.3 is 5.73 Å². The number of pyridine rings is 1. The zero-order valence-corrected chi connectivity index (χ0v) is 11.8. The quantitative estimate of drug-likeness (QED) is 0.686. The third-order valence-electron chi connectivity index (χ3n) is 2.99. The summed E-state index contributed by atoms with van der Waals surface area (Å²) >= 11 is 0. The Kier molecular flexibility index (Phi) is 3.24. The Labute approximate surface area is 122 Å². The molecule has 0 bridgehead atoms. The zero-order valence-electron chi connectivity index (χ0n) is 11.8. The number of hydrogen-bond acceptors (Lipinski definition) is 5. The van der Waals surface area contributed by atoms with Gasteiger partial charge in [-0.3, -0.25) is 4.98 Å². The predicted molar refractivity (Wildman–Crippen MR) is 80.3 cm³/mol. The molecule has 3 rings (SSSR count). The van der Waals surface area contributed by atoms with Crippen LogP contribution in [0, 0.1) is 11.8 Å². The van der Waals surface area contributed by atoms with Crippen LogP contribution in [0.4, 0.5) is 5.82 Å². The van der Waals surface area contributed by atoms with Gasteiger partial charge in [-0.25, -0.2) is 14.6 Å². The highest BCUT2D eigenvalue weighted by molar-refractivity contribution is 5.90. The first kappa shape index (κ1) is 13.1. The fraction of sp³-hybridized carbons (Fsp3) is 0.200. The molecule has 0 aliphatic rings. The van der Waals surface area contributed by atoms with Crippen molar-refractivity contribution in [3.63, 3.8) is 0 Å². The Morgan fingerprint density at radius 1 is 1.24 bits per heavy atom. The smallest absolute Gasteiger partial charge is 0.164 e. The van der Waals surface area contributed by atoms with Crippen LogP contribution in [-0.4, -0.2) is 24.7 Å². The van der Waals surface area contributed by atoms with Gasteiger partial charge in [-0.15, -0.1) is 0 Å². The third kappa shape index (κ3) is 2.41. The molecule has 0 unspecified atom stereocenters. The van der Waals surface area contributed by atoms with Crippen LogP contribution in [0.25, 0.3) is 11.0 Å². The van der Waals surface area contributed by atoms with Crippen molar-refractivity contribution in [2.75, 3.05) is 5.73 Å². The second-order valence-electron chi connectivity index (χ2n) is 4.84. The maximum atomic E-state index is 5.95. The summed E-state index contributed by atoms with van der Waals surface area (Å²) in [5, 5.41) is 5.20. The number of hydrogen-bond donors (Lipinski definition) is 1. The lowest BCUT2D eigenvalue weighted by Gasteiger charge is -2.05. The number of nitrogens with zero attached hydrogens (tertiary/aromatic N) is 5. The van der Waals surface area contributed by atoms with Crippen LogP contribution in [0.2, 0.25) is 0 Å². The number of aromatic nitrogens is 5. The molecule has 2 N–H and O–H groups in total. The number of rotatable bonds is 1. The van der Waals surface area contributed by atoms with Crippen LogP contribution < -0.4 is 5.73 Å². The summed E-state index contributed by atoms with van der Waals surface area (Å²) in [6.07, 6.45) is 4.85. The molecular weight excluding hydrogens is 264 g/mol. The topological polar surface area (TPSA) is 82.5 Å². The second-order valence-corrected chi connectivity index (χ2v) is 4.84. The minimum Gasteiger partial charge on any atom is -0.383 e. The Morgan fingerprint density at radius 3 is 2.81 bits per heavy atom. The van der Waals surface area contributed by atoms with Crippen LogP contribution >= 0.6 is 0 Å². The number of nitrogen functional groups attached to an aromatic ring is 1. The van der Waals surface area contributed by atoms with Crippen LogP contribution in [0.5, 0.6) is 0 Å². The van der Waals surface area contributed by atoms with Crippen molar-refractivity contribution in [1.82, 2.24) is 24.7 Å². The highest BCUT2D eigenvalue weighted by Crippen LogP contribution is 2.23. The monoisotopic (exact) mass is 278 g/mol. The molecule has 3 heterocycles. The van der Waals surface area contributed by atoms with Crippen LogP contribution in [0.1, 0.15) is 31.1 Å². The van der Waals surface area contributed by atoms with Gasteiger partial charge in [0, 0.05) is 24.0 Å². The first-order chi connectivity index (χ1) is 10.2. The molecule has 6 heteroatoms. The normalized spacial score (nSPS) is 10.6. The van der Waals surface area contributed by atoms with E-state index in [0.29, 0.717) is 22.5 Å². The number of fused-ring (bicyclic) bond motifs is 1. The van der Waals surface area contributed by atoms with Gasteiger partial charge in [-0.05, 0) is 31.9 Å². The minimum atomic E-state index is 0.163. The fourth-order valence-corrected chi connectivity index (χ4v) is 2.01. The zero-order chi connectivity index (χ0) is 14.8. The van der Waals surface area contributed by atoms with E-state index in [0.717, 1.165) is 5.56 Å². The average molecular weight is 278 g/mol. The number of anilines is 1. The predicted octanol–water partition coefficient (Wildman–Crippen LogP) is 1.78. The molecule has 0 aliphatic heterocycles. The van der Waals surface area contributed by atoms with Gasteiger partial charge in [-0.1, -0.05) is 5.92 Å². The van der Waals surface area contributed by atoms with Gasteiger partial charge in [0.1, 0.15) is 17.8 Å². The lowest BCUT2D eigenvalue weighted by molar-refractivity contribution is 0.545. The Morgan fingerprint density at radius 2 is 2.10 bits per heavy atom. The molecule has 0 saturated carbocycles. The van der Waals surface area contributed by atoms with Crippen LogP contribution in [-0.2, 0) is 0 Å². The van der Waals surface area contributed by atoms with Crippen molar-refractivity contribution in [3.8, 4) is 11.8 Å². The van der Waals surface area contributed by atoms with Gasteiger partial charge in [0.2, 0.25) is 0 Å². The molecule has 104 valence electrons. The Bertz CT molecular complexity index is 839. The highest BCUT2D eigenvalue weighted by atomic mass is 15.3. The fourth-order valence-electron chi connectivity index (χ4n) is 2.01. The summed E-state index contributed by atoms with van der Waals surface area (Å²) in [5.41, 5.74) is 8.06. The van der Waals surface area contributed by atoms with Gasteiger partial charge in [0.25, 0.3) is 0 Å². The van der Waals surface area contributed by atoms with Gasteiger partial charge in [0.15, 0.2) is 5.65 Å². The van der Waals surface area contributed by atoms with E-state index in [2.05, 4.69) is 31.9 Å². The average Bonchev–Trinajstić information content (AvgIpc) is 2.87. The maximum absolute atomic E-state index is 5.95. The largest absolute Gasteiger partial charge is 0.383 e. The van der Waals surface area contributed by atoms with E-state index in [1.807, 2.05) is 26.0 Å². The molecular formula is C15H14N6. The summed E-state index contributed by atoms with van der Waals surface area (Å²) in [5.74, 6) is 6.46. The summed E-state index contributed by atoms with van der Waals surface area (Å²) in [4.78, 5) is 12.3. The lowest BCUT2D eigenvalue weighted by atomic mass is 10.2. The van der Waals surface area contributed by atoms with Crippen molar-refractivity contribution in [1.29, 1.82) is 0 Å². The van der Waals surface area contributed by atoms with E-state index >= 15 is 0 Å². The molecule has 0 aliphatic carbocycles. The summed E-state index contributed by atoms with van der Waals surface area (Å²) < 4.78 is 1.81. The van der Waals surface area contributed by atoms with E-state index in [-0.39, 0.29) is 6.04 Å². The molecule has 0 amide bonds. The van der Waals surface area contributed by atoms with E-state index in [9.17, 15) is 0 Å². The van der Waals surface area contributed by atoms with Crippen molar-refractivity contribution in [2.24, 2.45) is 0 Å². The third-order valence-corrected chi connectivity index (χ3v) is 2.99. The molecule has 0 radical (unpaired) electrons. The molecule has 0 spiro atoms. The van der Waals surface area contributed by atoms with Crippen molar-refractivity contribution >= 4 is 16.9 Å². The summed E-state index contributed by atoms with van der Waals surface area (Å²) in [7, 11) is 0. The molecule has 0 atom stereocenters. The first-order valence-corrected chi connectivity index (χ1v) is 6.57. The Hall–Kier alpha value is -2.94. The minimum absolute atomic E-state index is 0.163. The molecule has 3 aromatic heterocycles. The van der Waals surface area contributed by atoms with Gasteiger partial charge in [0.05, 0.1) is 5.39 Å². The Balaban J connectivity index is 2.18. The molecule has 0 fully saturated rings. The van der Waals surface area contributed by atoms with Gasteiger partial charge >= 0.3 is 0 Å². The number of nitrogens with two attached hydrogens (primary N) is 1. The highest BCUT2D eigenvalue weighted by Gasteiger charge is 2.15. The van der Waals surface area contributed by atoms with Crippen molar-refractivity contribution < 1.29 is 0 Å².